The minimum absolute atomic E-state index is 0.307. The molecule has 0 fully saturated rings. The van der Waals surface area contributed by atoms with Gasteiger partial charge in [0.1, 0.15) is 17.1 Å². The number of ether oxygens (including phenoxy) is 1. The zero-order valence-electron chi connectivity index (χ0n) is 11.8. The van der Waals surface area contributed by atoms with E-state index in [0.29, 0.717) is 5.75 Å². The molecule has 102 valence electrons. The summed E-state index contributed by atoms with van der Waals surface area (Å²) < 4.78 is 6.09. The minimum atomic E-state index is -0.307. The van der Waals surface area contributed by atoms with Gasteiger partial charge in [-0.25, -0.2) is 0 Å². The molecule has 0 radical (unpaired) electrons. The van der Waals surface area contributed by atoms with Gasteiger partial charge < -0.3 is 9.84 Å². The molecule has 2 rings (SSSR count). The van der Waals surface area contributed by atoms with Crippen LogP contribution < -0.4 is 4.74 Å². The highest BCUT2D eigenvalue weighted by Gasteiger charge is 2.27. The van der Waals surface area contributed by atoms with Gasteiger partial charge in [0, 0.05) is 0 Å². The van der Waals surface area contributed by atoms with Gasteiger partial charge in [-0.1, -0.05) is 19.4 Å². The van der Waals surface area contributed by atoms with Crippen LogP contribution in [0.4, 0.5) is 0 Å². The Morgan fingerprint density at radius 2 is 2.21 bits per heavy atom. The van der Waals surface area contributed by atoms with Gasteiger partial charge in [0.15, 0.2) is 0 Å². The molecule has 2 nitrogen and oxygen atoms in total. The average molecular weight is 258 g/mol. The van der Waals surface area contributed by atoms with E-state index in [1.807, 2.05) is 30.4 Å². The van der Waals surface area contributed by atoms with Crippen molar-refractivity contribution in [2.75, 3.05) is 0 Å². The molecular weight excluding hydrogens is 236 g/mol. The van der Waals surface area contributed by atoms with Crippen LogP contribution in [0, 0.1) is 0 Å². The Bertz CT molecular complexity index is 502. The van der Waals surface area contributed by atoms with Crippen LogP contribution in [-0.2, 0) is 6.42 Å². The van der Waals surface area contributed by atoms with Crippen LogP contribution in [0.1, 0.15) is 44.2 Å². The van der Waals surface area contributed by atoms with E-state index >= 15 is 0 Å². The lowest BCUT2D eigenvalue weighted by Gasteiger charge is -2.32. The van der Waals surface area contributed by atoms with Crippen LogP contribution in [0.15, 0.2) is 30.9 Å². The number of allylic oxidation sites excluding steroid dienone is 1. The monoisotopic (exact) mass is 258 g/mol. The molecule has 2 heteroatoms. The van der Waals surface area contributed by atoms with Gasteiger partial charge in [0.25, 0.3) is 0 Å². The van der Waals surface area contributed by atoms with Gasteiger partial charge in [-0.3, -0.25) is 0 Å². The molecule has 19 heavy (non-hydrogen) atoms. The molecule has 0 aromatic heterocycles. The first-order valence-corrected chi connectivity index (χ1v) is 6.93. The van der Waals surface area contributed by atoms with Crippen LogP contribution in [0.5, 0.6) is 11.5 Å². The van der Waals surface area contributed by atoms with Crippen LogP contribution in [0.2, 0.25) is 0 Å². The number of aromatic hydroxyl groups is 1. The van der Waals surface area contributed by atoms with E-state index in [2.05, 4.69) is 20.4 Å². The highest BCUT2D eigenvalue weighted by Crippen LogP contribution is 2.39. The number of hydrogen-bond donors (Lipinski definition) is 1. The van der Waals surface area contributed by atoms with Crippen molar-refractivity contribution in [1.82, 2.24) is 0 Å². The van der Waals surface area contributed by atoms with Gasteiger partial charge in [0.05, 0.1) is 5.56 Å². The highest BCUT2D eigenvalue weighted by atomic mass is 16.5. The van der Waals surface area contributed by atoms with Crippen LogP contribution in [0.3, 0.4) is 0 Å². The smallest absolute Gasteiger partial charge is 0.131 e. The van der Waals surface area contributed by atoms with Gasteiger partial charge in [-0.05, 0) is 56.0 Å². The van der Waals surface area contributed by atoms with Crippen molar-refractivity contribution in [3.8, 4) is 11.5 Å². The van der Waals surface area contributed by atoms with E-state index in [4.69, 9.17) is 4.74 Å². The topological polar surface area (TPSA) is 29.5 Å². The number of phenols is 1. The number of fused-ring (bicyclic) bond motifs is 1. The summed E-state index contributed by atoms with van der Waals surface area (Å²) in [6.45, 7) is 7.95. The second-order valence-electron chi connectivity index (χ2n) is 5.35. The third-order valence-electron chi connectivity index (χ3n) is 3.51. The van der Waals surface area contributed by atoms with Crippen LogP contribution >= 0.6 is 0 Å². The third-order valence-corrected chi connectivity index (χ3v) is 3.51. The van der Waals surface area contributed by atoms with Crippen molar-refractivity contribution in [2.24, 2.45) is 0 Å². The normalized spacial score (nSPS) is 20.7. The first-order chi connectivity index (χ1) is 9.08. The predicted molar refractivity (Wildman–Crippen MR) is 79.6 cm³/mol. The summed E-state index contributed by atoms with van der Waals surface area (Å²) in [5, 5.41) is 10.1. The van der Waals surface area contributed by atoms with E-state index in [1.54, 1.807) is 0 Å². The summed E-state index contributed by atoms with van der Waals surface area (Å²) in [4.78, 5) is 0. The van der Waals surface area contributed by atoms with Gasteiger partial charge in [-0.15, -0.1) is 6.58 Å². The van der Waals surface area contributed by atoms with E-state index < -0.39 is 0 Å². The van der Waals surface area contributed by atoms with Gasteiger partial charge >= 0.3 is 0 Å². The molecule has 0 aliphatic carbocycles. The molecular formula is C17H22O2. The zero-order valence-corrected chi connectivity index (χ0v) is 11.8. The SMILES string of the molecule is C=CCCC1(C)C=Cc2c(O)cc(CCC)cc2O1. The Morgan fingerprint density at radius 1 is 1.42 bits per heavy atom. The molecule has 1 heterocycles. The highest BCUT2D eigenvalue weighted by molar-refractivity contribution is 5.67. The fourth-order valence-electron chi connectivity index (χ4n) is 2.42. The Labute approximate surface area is 115 Å². The summed E-state index contributed by atoms with van der Waals surface area (Å²) in [6.07, 6.45) is 9.72. The van der Waals surface area contributed by atoms with Crippen molar-refractivity contribution in [2.45, 2.75) is 45.1 Å². The number of benzene rings is 1. The zero-order chi connectivity index (χ0) is 13.9. The van der Waals surface area contributed by atoms with E-state index in [-0.39, 0.29) is 5.60 Å². The molecule has 1 aliphatic rings. The predicted octanol–water partition coefficient (Wildman–Crippen LogP) is 4.48. The summed E-state index contributed by atoms with van der Waals surface area (Å²) in [7, 11) is 0. The average Bonchev–Trinajstić information content (AvgIpc) is 2.36. The fraction of sp³-hybridized carbons (Fsp3) is 0.412. The van der Waals surface area contributed by atoms with Crippen LogP contribution in [0.25, 0.3) is 6.08 Å². The first kappa shape index (κ1) is 13.7. The molecule has 0 spiro atoms. The van der Waals surface area contributed by atoms with Crippen molar-refractivity contribution in [1.29, 1.82) is 0 Å². The maximum absolute atomic E-state index is 10.1. The summed E-state index contributed by atoms with van der Waals surface area (Å²) in [6, 6.07) is 3.89. The molecule has 0 saturated carbocycles. The molecule has 1 unspecified atom stereocenters. The van der Waals surface area contributed by atoms with Crippen LogP contribution in [-0.4, -0.2) is 10.7 Å². The molecule has 0 amide bonds. The molecule has 1 atom stereocenters. The lowest BCUT2D eigenvalue weighted by Crippen LogP contribution is -2.31. The van der Waals surface area contributed by atoms with E-state index in [1.165, 1.54) is 0 Å². The lowest BCUT2D eigenvalue weighted by atomic mass is 9.94. The number of hydrogen-bond acceptors (Lipinski definition) is 2. The molecule has 1 aromatic carbocycles. The lowest BCUT2D eigenvalue weighted by molar-refractivity contribution is 0.128. The van der Waals surface area contributed by atoms with Gasteiger partial charge in [-0.2, -0.15) is 0 Å². The Balaban J connectivity index is 2.30. The summed E-state index contributed by atoms with van der Waals surface area (Å²) >= 11 is 0. The maximum Gasteiger partial charge on any atom is 0.131 e. The number of phenolic OH excluding ortho intramolecular Hbond substituents is 1. The first-order valence-electron chi connectivity index (χ1n) is 6.93. The molecule has 0 saturated heterocycles. The van der Waals surface area contributed by atoms with Crippen molar-refractivity contribution >= 4 is 6.08 Å². The number of rotatable bonds is 5. The van der Waals surface area contributed by atoms with Crippen molar-refractivity contribution in [3.05, 3.63) is 42.0 Å². The molecule has 1 aliphatic heterocycles. The van der Waals surface area contributed by atoms with Crippen molar-refractivity contribution < 1.29 is 9.84 Å². The third kappa shape index (κ3) is 3.01. The second-order valence-corrected chi connectivity index (χ2v) is 5.35. The Morgan fingerprint density at radius 3 is 2.89 bits per heavy atom. The van der Waals surface area contributed by atoms with Crippen molar-refractivity contribution in [3.63, 3.8) is 0 Å². The second kappa shape index (κ2) is 5.52. The fourth-order valence-corrected chi connectivity index (χ4v) is 2.42. The quantitative estimate of drug-likeness (QED) is 0.789. The minimum Gasteiger partial charge on any atom is -0.507 e. The summed E-state index contributed by atoms with van der Waals surface area (Å²) in [5.41, 5.74) is 1.61. The van der Waals surface area contributed by atoms with E-state index in [0.717, 1.165) is 42.6 Å². The molecule has 1 aromatic rings. The standard InChI is InChI=1S/C17H22O2/c1-4-6-9-17(3)10-8-14-15(18)11-13(7-5-2)12-16(14)19-17/h4,8,10-12,18H,1,5-7,9H2,2-3H3. The molecule has 0 bridgehead atoms. The Hall–Kier alpha value is -1.70. The summed E-state index contributed by atoms with van der Waals surface area (Å²) in [5.74, 6) is 1.10. The largest absolute Gasteiger partial charge is 0.507 e. The van der Waals surface area contributed by atoms with Gasteiger partial charge in [0.2, 0.25) is 0 Å². The Kier molecular flexibility index (Phi) is 3.98. The van der Waals surface area contributed by atoms with E-state index in [9.17, 15) is 5.11 Å². The maximum atomic E-state index is 10.1. The number of aryl methyl sites for hydroxylation is 1. The molecule has 1 N–H and O–H groups in total.